The molecular formula is C75H82O42. The topological polar surface area (TPSA) is 669 Å². The molecule has 117 heavy (non-hydrogen) atoms. The Kier molecular flexibility index (Phi) is 28.0. The zero-order valence-electron chi connectivity index (χ0n) is 60.7. The van der Waals surface area contributed by atoms with E-state index in [-0.39, 0.29) is 22.4 Å². The number of carbonyl (C=O) groups excluding carboxylic acids is 4. The first-order valence-electron chi connectivity index (χ1n) is 35.5. The zero-order chi connectivity index (χ0) is 84.7. The van der Waals surface area contributed by atoms with Gasteiger partial charge >= 0.3 is 29.8 Å². The van der Waals surface area contributed by atoms with Crippen LogP contribution in [0.15, 0.2) is 109 Å². The summed E-state index contributed by atoms with van der Waals surface area (Å²) in [6, 6.07) is 16.0. The molecule has 42 nitrogen and oxygen atoms in total. The summed E-state index contributed by atoms with van der Waals surface area (Å²) in [6.45, 7) is -2.52. The standard InChI is InChI=1S/C75H82O42/c1-28-68(117-74-66(101)59(94)55(90)45(24-76)112-74)70(116-52(87)15-6-29-2-9-33(77)10-3-29)67(102)75(106-28)111-44-22-35-40(20-34(78)21-41(35)108-71-63(98)60(95)58(93)48(113-71)27-105-53(88)23-49(83)84)107-69(44)32-18-42(109-72-64(99)61(96)56(91)46(114-72)25-103-50(85)13-7-30-4-11-36(79)38(81)16-30)54(89)43(19-32)110-73-65(100)62(97)57(92)47(115-73)26-104-51(86)14-8-31-5-12-37(80)39(82)17-31/h2-22,28,45-48,55-82,89-102H,23-27H2,1H3,(H,83,84). The third-order valence-corrected chi connectivity index (χ3v) is 19.0. The number of carboxylic acids is 1. The van der Waals surface area contributed by atoms with Gasteiger partial charge < -0.3 is 183 Å². The van der Waals surface area contributed by atoms with Gasteiger partial charge in [0.05, 0.1) is 18.3 Å². The summed E-state index contributed by atoms with van der Waals surface area (Å²) < 4.78 is 88.1. The third-order valence-electron chi connectivity index (χ3n) is 19.0. The molecule has 6 aliphatic heterocycles. The van der Waals surface area contributed by atoms with E-state index in [2.05, 4.69) is 0 Å². The highest BCUT2D eigenvalue weighted by Gasteiger charge is 2.55. The maximum absolute atomic E-state index is 14.0. The second kappa shape index (κ2) is 37.6. The molecule has 634 valence electrons. The molecular weight excluding hydrogens is 1570 g/mol. The highest BCUT2D eigenvalue weighted by molar-refractivity contribution is 5.90. The van der Waals surface area contributed by atoms with Gasteiger partial charge in [-0.05, 0) is 96.4 Å². The Labute approximate surface area is 658 Å². The number of hydrogen-bond donors (Lipinski definition) is 22. The van der Waals surface area contributed by atoms with Crippen molar-refractivity contribution in [2.75, 3.05) is 26.4 Å². The SMILES string of the molecule is CC1OC(OC2=Cc3c(cc(O)cc3OC3OC(COC(=O)CC(=O)O)C(O)C(O)C3O)OC2c2cc(OC3OC(COC(=O)C=Cc4ccc(O)c(O)c4)C(O)C(O)C3O)c(O)c(OC3OC(COC(=O)C=Cc4ccc(O)c(O)c4)C(O)C(O)C3O)c2)C(O)C(OC(=O)C=Cc2ccc(O)cc2)C1OC1OC(CO)C(O)C(O)C1O. The summed E-state index contributed by atoms with van der Waals surface area (Å²) >= 11 is 0. The van der Waals surface area contributed by atoms with Crippen LogP contribution in [0, 0.1) is 0 Å². The number of aliphatic hydroxyl groups is 14. The molecule has 5 aromatic carbocycles. The molecule has 6 aliphatic rings. The van der Waals surface area contributed by atoms with Crippen molar-refractivity contribution in [2.24, 2.45) is 0 Å². The minimum atomic E-state index is -2.37. The lowest BCUT2D eigenvalue weighted by Crippen LogP contribution is -2.64. The van der Waals surface area contributed by atoms with E-state index in [4.69, 9.17) is 76.2 Å². The molecule has 42 heteroatoms. The zero-order valence-corrected chi connectivity index (χ0v) is 60.7. The van der Waals surface area contributed by atoms with E-state index in [9.17, 15) is 131 Å². The van der Waals surface area contributed by atoms with E-state index in [1.54, 1.807) is 0 Å². The lowest BCUT2D eigenvalue weighted by Gasteiger charge is -2.46. The van der Waals surface area contributed by atoms with Gasteiger partial charge in [0.1, 0.15) is 159 Å². The molecule has 0 aliphatic carbocycles. The fraction of sp³-hybridized carbons (Fsp3) is 0.427. The molecule has 6 heterocycles. The number of rotatable bonds is 27. The van der Waals surface area contributed by atoms with E-state index in [0.29, 0.717) is 5.56 Å². The number of hydrogen-bond acceptors (Lipinski definition) is 41. The molecule has 0 saturated carbocycles. The number of carbonyl (C=O) groups is 5. The largest absolute Gasteiger partial charge is 0.508 e. The number of ether oxygens (including phenoxy) is 15. The first-order chi connectivity index (χ1) is 55.5. The molecule has 0 spiro atoms. The maximum atomic E-state index is 14.0. The summed E-state index contributed by atoms with van der Waals surface area (Å²) in [5.41, 5.74) is -0.143. The molecule has 5 aromatic rings. The van der Waals surface area contributed by atoms with Crippen molar-refractivity contribution in [1.82, 2.24) is 0 Å². The van der Waals surface area contributed by atoms with Crippen LogP contribution < -0.4 is 18.9 Å². The number of phenols is 7. The van der Waals surface area contributed by atoms with E-state index >= 15 is 0 Å². The van der Waals surface area contributed by atoms with Gasteiger partial charge in [0.2, 0.25) is 30.9 Å². The number of aliphatic hydroxyl groups excluding tert-OH is 14. The fourth-order valence-corrected chi connectivity index (χ4v) is 12.6. The summed E-state index contributed by atoms with van der Waals surface area (Å²) in [5.74, 6) is -14.2. The molecule has 22 N–H and O–H groups in total. The predicted octanol–water partition coefficient (Wildman–Crippen LogP) is -3.88. The van der Waals surface area contributed by atoms with Crippen molar-refractivity contribution in [3.8, 4) is 63.2 Å². The van der Waals surface area contributed by atoms with E-state index < -0.39 is 291 Å². The van der Waals surface area contributed by atoms with Crippen molar-refractivity contribution in [1.29, 1.82) is 0 Å². The summed E-state index contributed by atoms with van der Waals surface area (Å²) in [5, 5.41) is 239. The summed E-state index contributed by atoms with van der Waals surface area (Å²) in [7, 11) is 0. The Morgan fingerprint density at radius 3 is 1.34 bits per heavy atom. The minimum absolute atomic E-state index is 0.144. The van der Waals surface area contributed by atoms with Crippen LogP contribution in [0.3, 0.4) is 0 Å². The molecule has 5 fully saturated rings. The smallest absolute Gasteiger partial charge is 0.331 e. The quantitative estimate of drug-likeness (QED) is 0.00786. The number of aromatic hydroxyl groups is 7. The van der Waals surface area contributed by atoms with Gasteiger partial charge in [-0.1, -0.05) is 24.3 Å². The van der Waals surface area contributed by atoms with Crippen molar-refractivity contribution in [3.05, 3.63) is 137 Å². The van der Waals surface area contributed by atoms with E-state index in [1.165, 1.54) is 49.4 Å². The lowest BCUT2D eigenvalue weighted by atomic mass is 9.96. The molecule has 11 rings (SSSR count). The van der Waals surface area contributed by atoms with Crippen LogP contribution in [-0.2, 0) is 76.1 Å². The fourth-order valence-electron chi connectivity index (χ4n) is 12.6. The van der Waals surface area contributed by atoms with Gasteiger partial charge in [-0.25, -0.2) is 14.4 Å². The Balaban J connectivity index is 0.995. The third kappa shape index (κ3) is 20.6. The molecule has 0 bridgehead atoms. The summed E-state index contributed by atoms with van der Waals surface area (Å²) in [6.07, 6.45) is -47.9. The van der Waals surface area contributed by atoms with Gasteiger partial charge in [-0.2, -0.15) is 0 Å². The number of aliphatic carboxylic acids is 1. The average Bonchev–Trinajstić information content (AvgIpc) is 0.754. The van der Waals surface area contributed by atoms with Crippen LogP contribution in [-0.4, -0.2) is 322 Å². The van der Waals surface area contributed by atoms with Crippen LogP contribution in [0.25, 0.3) is 24.3 Å². The highest BCUT2D eigenvalue weighted by atomic mass is 16.8. The van der Waals surface area contributed by atoms with Crippen molar-refractivity contribution >= 4 is 54.2 Å². The van der Waals surface area contributed by atoms with E-state index in [0.717, 1.165) is 85.0 Å². The molecule has 0 radical (unpaired) electrons. The number of esters is 4. The number of carboxylic acid groups (broad SMARTS) is 1. The van der Waals surface area contributed by atoms with Gasteiger partial charge in [0.25, 0.3) is 0 Å². The number of benzene rings is 5. The van der Waals surface area contributed by atoms with E-state index in [1.807, 2.05) is 0 Å². The average molecular weight is 1660 g/mol. The Morgan fingerprint density at radius 1 is 0.419 bits per heavy atom. The molecule has 26 unspecified atom stereocenters. The predicted molar refractivity (Wildman–Crippen MR) is 379 cm³/mol. The minimum Gasteiger partial charge on any atom is -0.508 e. The van der Waals surface area contributed by atoms with Crippen LogP contribution in [0.1, 0.15) is 47.3 Å². The Morgan fingerprint density at radius 2 is 0.855 bits per heavy atom. The van der Waals surface area contributed by atoms with Gasteiger partial charge in [-0.15, -0.1) is 0 Å². The number of phenolic OH excluding ortho intramolecular Hbond substituents is 7. The normalized spacial score (nSPS) is 32.4. The van der Waals surface area contributed by atoms with Crippen LogP contribution in [0.4, 0.5) is 0 Å². The second-order valence-electron chi connectivity index (χ2n) is 27.3. The monoisotopic (exact) mass is 1650 g/mol. The van der Waals surface area contributed by atoms with Crippen LogP contribution in [0.5, 0.6) is 63.2 Å². The Hall–Kier alpha value is -10.8. The van der Waals surface area contributed by atoms with Gasteiger partial charge in [0, 0.05) is 35.9 Å². The Bertz CT molecular complexity index is 4340. The first-order valence-corrected chi connectivity index (χ1v) is 35.5. The van der Waals surface area contributed by atoms with Crippen LogP contribution in [0.2, 0.25) is 0 Å². The molecule has 5 saturated heterocycles. The van der Waals surface area contributed by atoms with Gasteiger partial charge in [0.15, 0.2) is 59.1 Å². The van der Waals surface area contributed by atoms with Crippen molar-refractivity contribution in [2.45, 2.75) is 173 Å². The van der Waals surface area contributed by atoms with Crippen molar-refractivity contribution < 1.29 is 207 Å². The van der Waals surface area contributed by atoms with Crippen LogP contribution >= 0.6 is 0 Å². The lowest BCUT2D eigenvalue weighted by molar-refractivity contribution is -0.353. The highest BCUT2D eigenvalue weighted by Crippen LogP contribution is 2.50. The molecule has 0 amide bonds. The molecule has 26 atom stereocenters. The van der Waals surface area contributed by atoms with Gasteiger partial charge in [-0.3, -0.25) is 9.59 Å². The molecule has 0 aromatic heterocycles. The maximum Gasteiger partial charge on any atom is 0.331 e. The first kappa shape index (κ1) is 87.1. The number of fused-ring (bicyclic) bond motifs is 1. The second-order valence-corrected chi connectivity index (χ2v) is 27.3. The van der Waals surface area contributed by atoms with Crippen molar-refractivity contribution in [3.63, 3.8) is 0 Å². The summed E-state index contributed by atoms with van der Waals surface area (Å²) in [4.78, 5) is 63.7.